The Morgan fingerprint density at radius 2 is 1.97 bits per heavy atom. The summed E-state index contributed by atoms with van der Waals surface area (Å²) in [7, 11) is 0. The molecule has 3 heterocycles. The van der Waals surface area contributed by atoms with Crippen LogP contribution in [-0.4, -0.2) is 47.6 Å². The molecular weight excluding hydrogens is 465 g/mol. The van der Waals surface area contributed by atoms with Crippen LogP contribution < -0.4 is 5.32 Å². The molecule has 4 bridgehead atoms. The summed E-state index contributed by atoms with van der Waals surface area (Å²) in [5.41, 5.74) is 1.05. The summed E-state index contributed by atoms with van der Waals surface area (Å²) in [5.74, 6) is -0.245. The SMILES string of the molecule is Cc1cc(Nc2ccc3nc(CO)n(C4C5CC6CC4CC(OC(=O)C(F)(F)F)(C6)C5)c3n2)n[nH]1. The van der Waals surface area contributed by atoms with E-state index in [1.165, 1.54) is 0 Å². The van der Waals surface area contributed by atoms with Crippen molar-refractivity contribution in [2.75, 3.05) is 5.32 Å². The summed E-state index contributed by atoms with van der Waals surface area (Å²) in [4.78, 5) is 21.1. The molecule has 0 aromatic carbocycles. The highest BCUT2D eigenvalue weighted by atomic mass is 19.4. The molecule has 0 aliphatic heterocycles. The maximum atomic E-state index is 13.0. The number of esters is 1. The van der Waals surface area contributed by atoms with Crippen LogP contribution >= 0.6 is 0 Å². The van der Waals surface area contributed by atoms with Gasteiger partial charge in [-0.25, -0.2) is 14.8 Å². The van der Waals surface area contributed by atoms with Crippen molar-refractivity contribution in [3.05, 3.63) is 29.7 Å². The Morgan fingerprint density at radius 1 is 1.23 bits per heavy atom. The molecule has 0 spiro atoms. The largest absolute Gasteiger partial charge is 0.490 e. The second kappa shape index (κ2) is 7.67. The number of fused-ring (bicyclic) bond motifs is 1. The van der Waals surface area contributed by atoms with Gasteiger partial charge < -0.3 is 19.7 Å². The summed E-state index contributed by atoms with van der Waals surface area (Å²) in [6.45, 7) is 1.60. The maximum absolute atomic E-state index is 13.0. The summed E-state index contributed by atoms with van der Waals surface area (Å²) < 4.78 is 46.0. The van der Waals surface area contributed by atoms with E-state index in [1.807, 2.05) is 23.6 Å². The van der Waals surface area contributed by atoms with Gasteiger partial charge in [0.25, 0.3) is 0 Å². The number of carbonyl (C=O) groups is 1. The number of halogens is 3. The zero-order valence-electron chi connectivity index (χ0n) is 19.0. The molecule has 2 unspecified atom stereocenters. The fourth-order valence-corrected chi connectivity index (χ4v) is 6.85. The van der Waals surface area contributed by atoms with Crippen molar-refractivity contribution in [3.8, 4) is 0 Å². The number of carbonyl (C=O) groups excluding carboxylic acids is 1. The highest BCUT2D eigenvalue weighted by Crippen LogP contribution is 2.61. The molecule has 35 heavy (non-hydrogen) atoms. The first-order valence-corrected chi connectivity index (χ1v) is 11.7. The molecule has 4 aliphatic rings. The van der Waals surface area contributed by atoms with E-state index in [0.717, 1.165) is 18.5 Å². The Labute approximate surface area is 198 Å². The van der Waals surface area contributed by atoms with Gasteiger partial charge in [-0.05, 0) is 68.9 Å². The Hall–Kier alpha value is -3.15. The van der Waals surface area contributed by atoms with Gasteiger partial charge in [0, 0.05) is 17.8 Å². The minimum absolute atomic E-state index is 0.00242. The predicted octanol–water partition coefficient (Wildman–Crippen LogP) is 3.92. The smallest absolute Gasteiger partial charge is 0.452 e. The van der Waals surface area contributed by atoms with E-state index in [9.17, 15) is 23.1 Å². The molecule has 0 radical (unpaired) electrons. The minimum atomic E-state index is -5.01. The number of aliphatic hydroxyl groups is 1. The van der Waals surface area contributed by atoms with Gasteiger partial charge in [0.2, 0.25) is 0 Å². The van der Waals surface area contributed by atoms with Crippen LogP contribution in [0.1, 0.15) is 49.7 Å². The number of pyridine rings is 1. The van der Waals surface area contributed by atoms with E-state index in [0.29, 0.717) is 47.9 Å². The summed E-state index contributed by atoms with van der Waals surface area (Å²) >= 11 is 0. The Balaban J connectivity index is 1.35. The number of rotatable bonds is 5. The van der Waals surface area contributed by atoms with Gasteiger partial charge in [-0.1, -0.05) is 0 Å². The van der Waals surface area contributed by atoms with E-state index < -0.39 is 17.7 Å². The summed E-state index contributed by atoms with van der Waals surface area (Å²) in [6.07, 6.45) is -2.14. The van der Waals surface area contributed by atoms with Gasteiger partial charge in [0.05, 0.1) is 0 Å². The van der Waals surface area contributed by atoms with Gasteiger partial charge in [-0.15, -0.1) is 0 Å². The number of aryl methyl sites for hydroxylation is 1. The zero-order chi connectivity index (χ0) is 24.5. The predicted molar refractivity (Wildman–Crippen MR) is 118 cm³/mol. The number of hydrogen-bond donors (Lipinski definition) is 3. The first-order chi connectivity index (χ1) is 16.6. The standard InChI is InChI=1S/C23H25F3N6O3/c1-11-4-17(31-30-11)28-16-3-2-15-20(29-16)32(18(10-33)27-15)19-13-5-12-6-14(19)9-22(7-12,8-13)35-21(34)23(24,25)26/h2-4,12-14,19,33H,5-10H2,1H3,(H2,28,29,30,31). The van der Waals surface area contributed by atoms with Gasteiger partial charge in [-0.2, -0.15) is 18.3 Å². The number of aromatic amines is 1. The molecule has 0 amide bonds. The number of aromatic nitrogens is 5. The Morgan fingerprint density at radius 3 is 2.60 bits per heavy atom. The third kappa shape index (κ3) is 3.74. The molecule has 4 saturated carbocycles. The summed E-state index contributed by atoms with van der Waals surface area (Å²) in [6, 6.07) is 5.37. The van der Waals surface area contributed by atoms with Crippen molar-refractivity contribution in [1.82, 2.24) is 24.7 Å². The molecule has 4 fully saturated rings. The average Bonchev–Trinajstić information content (AvgIpc) is 3.35. The number of hydrogen-bond acceptors (Lipinski definition) is 7. The highest BCUT2D eigenvalue weighted by molar-refractivity contribution is 5.76. The minimum Gasteiger partial charge on any atom is -0.452 e. The molecule has 12 heteroatoms. The van der Waals surface area contributed by atoms with Gasteiger partial charge >= 0.3 is 12.1 Å². The highest BCUT2D eigenvalue weighted by Gasteiger charge is 2.60. The van der Waals surface area contributed by atoms with Crippen molar-refractivity contribution in [1.29, 1.82) is 0 Å². The normalized spacial score (nSPS) is 29.6. The second-order valence-corrected chi connectivity index (χ2v) is 10.2. The Kier molecular flexibility index (Phi) is 4.89. The number of nitrogens with zero attached hydrogens (tertiary/aromatic N) is 4. The zero-order valence-corrected chi connectivity index (χ0v) is 19.0. The number of H-pyrrole nitrogens is 1. The molecule has 186 valence electrons. The first-order valence-electron chi connectivity index (χ1n) is 11.7. The van der Waals surface area contributed by atoms with Crippen LogP contribution in [0.25, 0.3) is 11.2 Å². The molecule has 4 aliphatic carbocycles. The molecule has 3 aromatic heterocycles. The van der Waals surface area contributed by atoms with Gasteiger partial charge in [0.1, 0.15) is 29.4 Å². The van der Waals surface area contributed by atoms with Crippen molar-refractivity contribution >= 4 is 28.8 Å². The van der Waals surface area contributed by atoms with Crippen LogP contribution in [0.15, 0.2) is 18.2 Å². The fraction of sp³-hybridized carbons (Fsp3) is 0.565. The van der Waals surface area contributed by atoms with Crippen molar-refractivity contribution in [2.45, 2.75) is 63.5 Å². The van der Waals surface area contributed by atoms with Crippen LogP contribution in [0.3, 0.4) is 0 Å². The molecule has 3 aromatic rings. The lowest BCUT2D eigenvalue weighted by molar-refractivity contribution is -0.234. The Bertz CT molecular complexity index is 1290. The quantitative estimate of drug-likeness (QED) is 0.464. The van der Waals surface area contributed by atoms with Gasteiger partial charge in [0.15, 0.2) is 11.5 Å². The number of aliphatic hydroxyl groups excluding tert-OH is 1. The van der Waals surface area contributed by atoms with Crippen molar-refractivity contribution < 1.29 is 27.8 Å². The van der Waals surface area contributed by atoms with E-state index in [-0.39, 0.29) is 30.4 Å². The third-order valence-corrected chi connectivity index (χ3v) is 7.72. The van der Waals surface area contributed by atoms with Crippen LogP contribution in [0, 0.1) is 24.7 Å². The topological polar surface area (TPSA) is 118 Å². The number of imidazole rings is 1. The molecule has 7 rings (SSSR count). The number of nitrogens with one attached hydrogen (secondary N) is 2. The van der Waals surface area contributed by atoms with Crippen LogP contribution in [-0.2, 0) is 16.1 Å². The van der Waals surface area contributed by atoms with Crippen LogP contribution in [0.5, 0.6) is 0 Å². The molecule has 2 atom stereocenters. The van der Waals surface area contributed by atoms with Crippen molar-refractivity contribution in [2.24, 2.45) is 17.8 Å². The molecular formula is C23H25F3N6O3. The lowest BCUT2D eigenvalue weighted by atomic mass is 9.52. The third-order valence-electron chi connectivity index (χ3n) is 7.72. The van der Waals surface area contributed by atoms with Crippen molar-refractivity contribution in [3.63, 3.8) is 0 Å². The molecule has 0 saturated heterocycles. The molecule has 3 N–H and O–H groups in total. The van der Waals surface area contributed by atoms with E-state index in [2.05, 4.69) is 20.5 Å². The van der Waals surface area contributed by atoms with E-state index >= 15 is 0 Å². The first kappa shape index (κ1) is 22.3. The van der Waals surface area contributed by atoms with E-state index in [1.54, 1.807) is 6.07 Å². The average molecular weight is 490 g/mol. The van der Waals surface area contributed by atoms with Crippen LogP contribution in [0.2, 0.25) is 0 Å². The second-order valence-electron chi connectivity index (χ2n) is 10.2. The number of anilines is 2. The maximum Gasteiger partial charge on any atom is 0.490 e. The molecule has 9 nitrogen and oxygen atoms in total. The van der Waals surface area contributed by atoms with E-state index in [4.69, 9.17) is 9.72 Å². The monoisotopic (exact) mass is 490 g/mol. The van der Waals surface area contributed by atoms with Gasteiger partial charge in [-0.3, -0.25) is 5.10 Å². The lowest BCUT2D eigenvalue weighted by Gasteiger charge is -2.59. The lowest BCUT2D eigenvalue weighted by Crippen LogP contribution is -2.57. The number of alkyl halides is 3. The fourth-order valence-electron chi connectivity index (χ4n) is 6.85. The number of ether oxygens (including phenoxy) is 1. The van der Waals surface area contributed by atoms with Crippen LogP contribution in [0.4, 0.5) is 24.8 Å². The summed E-state index contributed by atoms with van der Waals surface area (Å²) in [5, 5.41) is 20.3.